The van der Waals surface area contributed by atoms with Crippen LogP contribution in [0.4, 0.5) is 11.8 Å². The molecule has 3 heterocycles. The van der Waals surface area contributed by atoms with Gasteiger partial charge >= 0.3 is 0 Å². The molecule has 0 saturated heterocycles. The topological polar surface area (TPSA) is 70.9 Å². The van der Waals surface area contributed by atoms with E-state index >= 15 is 0 Å². The van der Waals surface area contributed by atoms with E-state index in [-0.39, 0.29) is 0 Å². The van der Waals surface area contributed by atoms with E-state index in [1.807, 2.05) is 30.5 Å². The van der Waals surface area contributed by atoms with E-state index in [9.17, 15) is 0 Å². The van der Waals surface area contributed by atoms with Gasteiger partial charge in [0.25, 0.3) is 0 Å². The molecular weight excluding hydrogens is 312 g/mol. The van der Waals surface area contributed by atoms with Gasteiger partial charge in [0.2, 0.25) is 5.95 Å². The predicted octanol–water partition coefficient (Wildman–Crippen LogP) is 4.12. The van der Waals surface area contributed by atoms with Crippen molar-refractivity contribution in [2.45, 2.75) is 26.7 Å². The van der Waals surface area contributed by atoms with Crippen LogP contribution >= 0.6 is 0 Å². The van der Waals surface area contributed by atoms with E-state index in [1.54, 1.807) is 6.20 Å². The van der Waals surface area contributed by atoms with Crippen molar-refractivity contribution in [1.82, 2.24) is 24.6 Å². The van der Waals surface area contributed by atoms with Crippen LogP contribution in [-0.2, 0) is 6.42 Å². The van der Waals surface area contributed by atoms with Crippen LogP contribution in [0.3, 0.4) is 0 Å². The lowest BCUT2D eigenvalue weighted by atomic mass is 10.1. The van der Waals surface area contributed by atoms with Crippen LogP contribution in [0, 0.1) is 6.92 Å². The number of aryl methyl sites for hydroxylation is 2. The van der Waals surface area contributed by atoms with E-state index in [1.165, 1.54) is 0 Å². The molecule has 6 nitrogen and oxygen atoms in total. The summed E-state index contributed by atoms with van der Waals surface area (Å²) >= 11 is 0. The zero-order valence-corrected chi connectivity index (χ0v) is 14.3. The van der Waals surface area contributed by atoms with Gasteiger partial charge < -0.3 is 5.32 Å². The van der Waals surface area contributed by atoms with Crippen LogP contribution in [-0.4, -0.2) is 24.6 Å². The van der Waals surface area contributed by atoms with Gasteiger partial charge in [-0.2, -0.15) is 5.10 Å². The van der Waals surface area contributed by atoms with E-state index < -0.39 is 0 Å². The van der Waals surface area contributed by atoms with Crippen molar-refractivity contribution in [1.29, 1.82) is 0 Å². The molecule has 4 rings (SSSR count). The third-order valence-electron chi connectivity index (χ3n) is 4.21. The maximum Gasteiger partial charge on any atom is 0.214 e. The second-order valence-corrected chi connectivity index (χ2v) is 6.00. The highest BCUT2D eigenvalue weighted by Crippen LogP contribution is 2.30. The second kappa shape index (κ2) is 6.39. The summed E-state index contributed by atoms with van der Waals surface area (Å²) in [5.74, 6) is 2.56. The first kappa shape index (κ1) is 15.4. The quantitative estimate of drug-likeness (QED) is 0.576. The average molecular weight is 332 g/mol. The number of aromatic nitrogens is 5. The molecule has 0 aliphatic carbocycles. The summed E-state index contributed by atoms with van der Waals surface area (Å²) in [6.45, 7) is 4.22. The van der Waals surface area contributed by atoms with Crippen molar-refractivity contribution in [3.05, 3.63) is 60.3 Å². The number of imidazole rings is 1. The Bertz CT molecular complexity index is 986. The number of nitrogens with zero attached hydrogens (tertiary/aromatic N) is 4. The van der Waals surface area contributed by atoms with Gasteiger partial charge in [0.05, 0.1) is 17.4 Å². The lowest BCUT2D eigenvalue weighted by molar-refractivity contribution is 0.824. The smallest absolute Gasteiger partial charge is 0.214 e. The molecule has 2 N–H and O–H groups in total. The van der Waals surface area contributed by atoms with E-state index in [4.69, 9.17) is 4.98 Å². The standard InChI is InChI=1S/C19H20N6/c1-3-7-17-22-13(2)18-15(14-8-5-4-6-9-14)12-20-19(25(17)18)23-16-10-11-21-24-16/h4-6,8-12H,3,7H2,1-2H3,(H2,20,21,23,24). The molecule has 25 heavy (non-hydrogen) atoms. The first-order valence-corrected chi connectivity index (χ1v) is 8.46. The zero-order chi connectivity index (χ0) is 17.2. The summed E-state index contributed by atoms with van der Waals surface area (Å²) in [6.07, 6.45) is 5.54. The molecule has 0 aliphatic heterocycles. The number of fused-ring (bicyclic) bond motifs is 1. The third kappa shape index (κ3) is 2.76. The van der Waals surface area contributed by atoms with Gasteiger partial charge in [-0.1, -0.05) is 37.3 Å². The number of anilines is 2. The molecule has 0 aliphatic rings. The van der Waals surface area contributed by atoms with Gasteiger partial charge in [0.1, 0.15) is 11.6 Å². The van der Waals surface area contributed by atoms with Crippen LogP contribution in [0.1, 0.15) is 24.9 Å². The molecule has 3 aromatic heterocycles. The number of hydrogen-bond acceptors (Lipinski definition) is 4. The Morgan fingerprint density at radius 2 is 2.00 bits per heavy atom. The average Bonchev–Trinajstić information content (AvgIpc) is 3.25. The molecule has 0 spiro atoms. The first-order valence-electron chi connectivity index (χ1n) is 8.46. The number of aromatic amines is 1. The van der Waals surface area contributed by atoms with Crippen molar-refractivity contribution >= 4 is 17.3 Å². The molecule has 4 aromatic rings. The minimum Gasteiger partial charge on any atom is -0.310 e. The van der Waals surface area contributed by atoms with Crippen molar-refractivity contribution in [3.63, 3.8) is 0 Å². The summed E-state index contributed by atoms with van der Waals surface area (Å²) in [5, 5.41) is 10.2. The summed E-state index contributed by atoms with van der Waals surface area (Å²) in [7, 11) is 0. The van der Waals surface area contributed by atoms with Crippen molar-refractivity contribution < 1.29 is 0 Å². The van der Waals surface area contributed by atoms with Gasteiger partial charge in [-0.3, -0.25) is 9.50 Å². The van der Waals surface area contributed by atoms with Gasteiger partial charge in [-0.15, -0.1) is 0 Å². The summed E-state index contributed by atoms with van der Waals surface area (Å²) < 4.78 is 2.13. The Hall–Kier alpha value is -3.15. The summed E-state index contributed by atoms with van der Waals surface area (Å²) in [4.78, 5) is 9.49. The number of nitrogens with one attached hydrogen (secondary N) is 2. The maximum atomic E-state index is 4.81. The van der Waals surface area contributed by atoms with Gasteiger partial charge in [-0.25, -0.2) is 9.97 Å². The fourth-order valence-electron chi connectivity index (χ4n) is 3.13. The number of benzene rings is 1. The fourth-order valence-corrected chi connectivity index (χ4v) is 3.13. The van der Waals surface area contributed by atoms with Gasteiger partial charge in [-0.05, 0) is 18.9 Å². The van der Waals surface area contributed by atoms with Crippen LogP contribution in [0.15, 0.2) is 48.8 Å². The molecule has 0 atom stereocenters. The van der Waals surface area contributed by atoms with Crippen LogP contribution < -0.4 is 5.32 Å². The maximum absolute atomic E-state index is 4.81. The Balaban J connectivity index is 1.95. The first-order chi connectivity index (χ1) is 12.3. The molecule has 126 valence electrons. The molecule has 1 aromatic carbocycles. The molecule has 0 amide bonds. The van der Waals surface area contributed by atoms with E-state index in [2.05, 4.69) is 50.9 Å². The van der Waals surface area contributed by atoms with Crippen molar-refractivity contribution in [3.8, 4) is 11.1 Å². The minimum atomic E-state index is 0.739. The minimum absolute atomic E-state index is 0.739. The fraction of sp³-hybridized carbons (Fsp3) is 0.211. The molecule has 0 saturated carbocycles. The molecule has 0 bridgehead atoms. The molecule has 0 fully saturated rings. The highest BCUT2D eigenvalue weighted by Gasteiger charge is 2.17. The van der Waals surface area contributed by atoms with Crippen molar-refractivity contribution in [2.75, 3.05) is 5.32 Å². The Kier molecular flexibility index (Phi) is 3.93. The molecule has 0 unspecified atom stereocenters. The zero-order valence-electron chi connectivity index (χ0n) is 14.3. The number of H-pyrrole nitrogens is 1. The normalized spacial score (nSPS) is 11.1. The lowest BCUT2D eigenvalue weighted by Crippen LogP contribution is -2.06. The lowest BCUT2D eigenvalue weighted by Gasteiger charge is -2.12. The highest BCUT2D eigenvalue weighted by molar-refractivity contribution is 5.83. The predicted molar refractivity (Wildman–Crippen MR) is 99.0 cm³/mol. The van der Waals surface area contributed by atoms with Crippen LogP contribution in [0.2, 0.25) is 0 Å². The van der Waals surface area contributed by atoms with Crippen LogP contribution in [0.25, 0.3) is 16.6 Å². The number of rotatable bonds is 5. The second-order valence-electron chi connectivity index (χ2n) is 6.00. The monoisotopic (exact) mass is 332 g/mol. The largest absolute Gasteiger partial charge is 0.310 e. The van der Waals surface area contributed by atoms with Gasteiger partial charge in [0.15, 0.2) is 0 Å². The molecule has 6 heteroatoms. The number of hydrogen-bond donors (Lipinski definition) is 2. The SMILES string of the molecule is CCCc1nc(C)c2c(-c3ccccc3)cnc(Nc3ccn[nH]3)n12. The summed E-state index contributed by atoms with van der Waals surface area (Å²) in [5.41, 5.74) is 4.33. The van der Waals surface area contributed by atoms with E-state index in [0.717, 1.165) is 52.8 Å². The molecular formula is C19H20N6. The van der Waals surface area contributed by atoms with E-state index in [0.29, 0.717) is 0 Å². The Morgan fingerprint density at radius 1 is 1.16 bits per heavy atom. The van der Waals surface area contributed by atoms with Crippen LogP contribution in [0.5, 0.6) is 0 Å². The van der Waals surface area contributed by atoms with Gasteiger partial charge in [0, 0.05) is 24.2 Å². The Morgan fingerprint density at radius 3 is 2.72 bits per heavy atom. The summed E-state index contributed by atoms with van der Waals surface area (Å²) in [6, 6.07) is 12.2. The molecule has 0 radical (unpaired) electrons. The highest BCUT2D eigenvalue weighted by atomic mass is 15.3. The van der Waals surface area contributed by atoms with Crippen molar-refractivity contribution in [2.24, 2.45) is 0 Å². The Labute approximate surface area is 146 Å². The third-order valence-corrected chi connectivity index (χ3v) is 4.21.